The van der Waals surface area contributed by atoms with Crippen LogP contribution >= 0.6 is 68.1 Å². The number of rotatable bonds is 6. The van der Waals surface area contributed by atoms with Crippen molar-refractivity contribution < 1.29 is 0 Å². The molecule has 100 valence electrons. The van der Waals surface area contributed by atoms with Gasteiger partial charge >= 0.3 is 136 Å². The van der Waals surface area contributed by atoms with E-state index < -0.39 is 11.0 Å². The Morgan fingerprint density at radius 1 is 0.882 bits per heavy atom. The van der Waals surface area contributed by atoms with Crippen LogP contribution in [-0.2, 0) is 0 Å². The van der Waals surface area contributed by atoms with Crippen molar-refractivity contribution in [2.24, 2.45) is 0 Å². The predicted octanol–water partition coefficient (Wildman–Crippen LogP) is 6.01. The number of hydrogen-bond acceptors (Lipinski definition) is 6. The molecule has 0 aromatic carbocycles. The molecule has 0 amide bonds. The molecule has 0 saturated heterocycles. The minimum absolute atomic E-state index is 1.12. The van der Waals surface area contributed by atoms with Gasteiger partial charge in [-0.1, -0.05) is 0 Å². The zero-order chi connectivity index (χ0) is 13.3. The second-order valence-electron chi connectivity index (χ2n) is 3.80. The molecule has 0 spiro atoms. The maximum absolute atomic E-state index is 5.42. The van der Waals surface area contributed by atoms with E-state index in [1.165, 1.54) is 12.8 Å². The van der Waals surface area contributed by atoms with E-state index in [1.54, 1.807) is 0 Å². The SMILES string of the molecule is CCCSC(=S)[S][Ge]([CH3])([CH3])[S]C(=S)SCCC. The van der Waals surface area contributed by atoms with Gasteiger partial charge in [0, 0.05) is 0 Å². The summed E-state index contributed by atoms with van der Waals surface area (Å²) < 4.78 is 2.24. The Balaban J connectivity index is 4.01. The fourth-order valence-corrected chi connectivity index (χ4v) is 31.0. The fraction of sp³-hybridized carbons (Fsp3) is 0.800. The molecule has 0 fully saturated rings. The first-order valence-electron chi connectivity index (χ1n) is 5.62. The van der Waals surface area contributed by atoms with Crippen molar-refractivity contribution in [3.63, 3.8) is 0 Å². The predicted molar refractivity (Wildman–Crippen MR) is 103 cm³/mol. The van der Waals surface area contributed by atoms with E-state index in [1.807, 2.05) is 43.7 Å². The Labute approximate surface area is 134 Å². The minimum atomic E-state index is -1.94. The molecule has 0 rings (SSSR count). The molecule has 0 nitrogen and oxygen atoms in total. The molecule has 0 saturated carbocycles. The van der Waals surface area contributed by atoms with Gasteiger partial charge in [-0.25, -0.2) is 0 Å². The van der Waals surface area contributed by atoms with Crippen LogP contribution in [0.25, 0.3) is 0 Å². The molecular formula is C10H20GeS6. The van der Waals surface area contributed by atoms with Crippen LogP contribution in [0.5, 0.6) is 0 Å². The van der Waals surface area contributed by atoms with Crippen LogP contribution in [0.2, 0.25) is 11.5 Å². The van der Waals surface area contributed by atoms with Gasteiger partial charge in [-0.2, -0.15) is 0 Å². The topological polar surface area (TPSA) is 0 Å². The molecule has 0 bridgehead atoms. The summed E-state index contributed by atoms with van der Waals surface area (Å²) in [4.78, 5) is 0. The van der Waals surface area contributed by atoms with Crippen LogP contribution in [0.1, 0.15) is 26.7 Å². The summed E-state index contributed by atoms with van der Waals surface area (Å²) in [5.41, 5.74) is 0. The molecule has 0 aliphatic carbocycles. The van der Waals surface area contributed by atoms with Gasteiger partial charge in [0.1, 0.15) is 0 Å². The van der Waals surface area contributed by atoms with E-state index in [-0.39, 0.29) is 0 Å². The van der Waals surface area contributed by atoms with Gasteiger partial charge in [0.05, 0.1) is 0 Å². The Bertz CT molecular complexity index is 229. The van der Waals surface area contributed by atoms with Crippen molar-refractivity contribution in [2.45, 2.75) is 38.2 Å². The first-order chi connectivity index (χ1) is 7.91. The van der Waals surface area contributed by atoms with Crippen molar-refractivity contribution in [3.8, 4) is 0 Å². The zero-order valence-corrected chi connectivity index (χ0v) is 17.8. The number of thiocarbonyl (C=S) groups is 2. The molecule has 0 unspecified atom stereocenters. The summed E-state index contributed by atoms with van der Waals surface area (Å²) in [6.45, 7) is 4.39. The van der Waals surface area contributed by atoms with Crippen LogP contribution in [0.4, 0.5) is 0 Å². The third kappa shape index (κ3) is 11.6. The van der Waals surface area contributed by atoms with E-state index in [0.717, 1.165) is 18.6 Å². The Morgan fingerprint density at radius 3 is 1.53 bits per heavy atom. The quantitative estimate of drug-likeness (QED) is 0.389. The van der Waals surface area contributed by atoms with Crippen LogP contribution in [0, 0.1) is 0 Å². The summed E-state index contributed by atoms with van der Waals surface area (Å²) in [5.74, 6) is 7.05. The second kappa shape index (κ2) is 10.9. The number of thioether (sulfide) groups is 2. The van der Waals surface area contributed by atoms with Gasteiger partial charge in [-0.05, 0) is 0 Å². The van der Waals surface area contributed by atoms with Crippen molar-refractivity contribution >= 4 is 86.2 Å². The van der Waals surface area contributed by atoms with Crippen molar-refractivity contribution in [1.29, 1.82) is 0 Å². The molecule has 0 aromatic heterocycles. The average molecular weight is 405 g/mol. The molecule has 17 heavy (non-hydrogen) atoms. The Morgan fingerprint density at radius 2 is 1.24 bits per heavy atom. The molecule has 0 heterocycles. The van der Waals surface area contributed by atoms with E-state index >= 15 is 0 Å². The Kier molecular flexibility index (Phi) is 12.2. The Hall–Kier alpha value is 2.12. The maximum atomic E-state index is 5.42. The molecule has 0 aromatic rings. The van der Waals surface area contributed by atoms with E-state index in [4.69, 9.17) is 24.4 Å². The van der Waals surface area contributed by atoms with E-state index in [9.17, 15) is 0 Å². The van der Waals surface area contributed by atoms with Crippen LogP contribution in [0.15, 0.2) is 0 Å². The summed E-state index contributed by atoms with van der Waals surface area (Å²) in [5, 5.41) is 0. The summed E-state index contributed by atoms with van der Waals surface area (Å²) in [6, 6.07) is 0. The van der Waals surface area contributed by atoms with E-state index in [0.29, 0.717) is 0 Å². The third-order valence-corrected chi connectivity index (χ3v) is 22.0. The molecule has 0 N–H and O–H groups in total. The standard InChI is InChI=1S/C10H20GeS6/c1-5-7-14-9(12)16-11(3,4)17-10(13)15-8-6-2/h5-8H2,1-4H3. The zero-order valence-electron chi connectivity index (χ0n) is 10.8. The first-order valence-corrected chi connectivity index (χ1v) is 19.4. The third-order valence-electron chi connectivity index (χ3n) is 1.51. The van der Waals surface area contributed by atoms with Crippen LogP contribution in [0.3, 0.4) is 0 Å². The first kappa shape index (κ1) is 19.1. The normalized spacial score (nSPS) is 11.5. The second-order valence-corrected chi connectivity index (χ2v) is 30.0. The van der Waals surface area contributed by atoms with Gasteiger partial charge in [0.2, 0.25) is 0 Å². The molecule has 7 heteroatoms. The monoisotopic (exact) mass is 406 g/mol. The average Bonchev–Trinajstić information content (AvgIpc) is 2.22. The van der Waals surface area contributed by atoms with Gasteiger partial charge in [-0.3, -0.25) is 0 Å². The molecule has 0 aliphatic rings. The molecule has 0 atom stereocenters. The fourth-order valence-electron chi connectivity index (χ4n) is 0.852. The molecule has 0 radical (unpaired) electrons. The number of hydrogen-bond donors (Lipinski definition) is 0. The van der Waals surface area contributed by atoms with Crippen molar-refractivity contribution in [1.82, 2.24) is 0 Å². The van der Waals surface area contributed by atoms with Crippen molar-refractivity contribution in [3.05, 3.63) is 0 Å². The van der Waals surface area contributed by atoms with Gasteiger partial charge in [-0.15, -0.1) is 0 Å². The van der Waals surface area contributed by atoms with Gasteiger partial charge in [0.25, 0.3) is 0 Å². The summed E-state index contributed by atoms with van der Waals surface area (Å²) >= 11 is 14.5. The summed E-state index contributed by atoms with van der Waals surface area (Å²) in [6.07, 6.45) is 2.38. The molecular weight excluding hydrogens is 385 g/mol. The van der Waals surface area contributed by atoms with Crippen molar-refractivity contribution in [2.75, 3.05) is 11.5 Å². The van der Waals surface area contributed by atoms with E-state index in [2.05, 4.69) is 25.4 Å². The summed E-state index contributed by atoms with van der Waals surface area (Å²) in [7, 11) is 1.96. The van der Waals surface area contributed by atoms with Crippen LogP contribution < -0.4 is 0 Å². The van der Waals surface area contributed by atoms with Gasteiger partial charge < -0.3 is 0 Å². The van der Waals surface area contributed by atoms with Crippen LogP contribution in [-0.4, -0.2) is 29.5 Å². The molecule has 0 aliphatic heterocycles. The van der Waals surface area contributed by atoms with Gasteiger partial charge in [0.15, 0.2) is 0 Å².